The third-order valence-corrected chi connectivity index (χ3v) is 2.69. The standard InChI is InChI=1S/C13H25N3O4/c1-5-7-13(10(15)18,8-6-9(14)17)16-11(19)20-12(2,3)4/h5-8H2,1-4H3,(H2,14,17)(H2,15,18)(H,16,19). The number of carbonyl (C=O) groups is 3. The zero-order valence-electron chi connectivity index (χ0n) is 12.6. The summed E-state index contributed by atoms with van der Waals surface area (Å²) in [5.41, 5.74) is 8.48. The van der Waals surface area contributed by atoms with Crippen molar-refractivity contribution in [3.8, 4) is 0 Å². The summed E-state index contributed by atoms with van der Waals surface area (Å²) in [6.45, 7) is 6.98. The first-order chi connectivity index (χ1) is 9.02. The van der Waals surface area contributed by atoms with Crippen LogP contribution in [-0.2, 0) is 14.3 Å². The molecule has 1 atom stereocenters. The van der Waals surface area contributed by atoms with Crippen LogP contribution in [-0.4, -0.2) is 29.0 Å². The fourth-order valence-electron chi connectivity index (χ4n) is 1.82. The first-order valence-corrected chi connectivity index (χ1v) is 6.62. The van der Waals surface area contributed by atoms with Crippen molar-refractivity contribution in [3.63, 3.8) is 0 Å². The first kappa shape index (κ1) is 18.2. The fourth-order valence-corrected chi connectivity index (χ4v) is 1.82. The van der Waals surface area contributed by atoms with Gasteiger partial charge >= 0.3 is 6.09 Å². The van der Waals surface area contributed by atoms with Gasteiger partial charge in [-0.2, -0.15) is 0 Å². The Hall–Kier alpha value is -1.79. The van der Waals surface area contributed by atoms with E-state index >= 15 is 0 Å². The quantitative estimate of drug-likeness (QED) is 0.640. The van der Waals surface area contributed by atoms with Crippen LogP contribution in [0.3, 0.4) is 0 Å². The van der Waals surface area contributed by atoms with E-state index in [-0.39, 0.29) is 12.8 Å². The monoisotopic (exact) mass is 287 g/mol. The Labute approximate surface area is 119 Å². The molecule has 116 valence electrons. The lowest BCUT2D eigenvalue weighted by Crippen LogP contribution is -2.58. The van der Waals surface area contributed by atoms with E-state index in [2.05, 4.69) is 5.32 Å². The highest BCUT2D eigenvalue weighted by Gasteiger charge is 2.38. The predicted molar refractivity (Wildman–Crippen MR) is 74.6 cm³/mol. The predicted octanol–water partition coefficient (Wildman–Crippen LogP) is 0.801. The van der Waals surface area contributed by atoms with Crippen LogP contribution in [0.25, 0.3) is 0 Å². The van der Waals surface area contributed by atoms with Crippen LogP contribution >= 0.6 is 0 Å². The smallest absolute Gasteiger partial charge is 0.408 e. The molecule has 0 aliphatic carbocycles. The van der Waals surface area contributed by atoms with Gasteiger partial charge in [0, 0.05) is 6.42 Å². The van der Waals surface area contributed by atoms with E-state index in [4.69, 9.17) is 16.2 Å². The van der Waals surface area contributed by atoms with Crippen molar-refractivity contribution in [2.24, 2.45) is 11.5 Å². The van der Waals surface area contributed by atoms with Gasteiger partial charge in [0.25, 0.3) is 0 Å². The number of carbonyl (C=O) groups excluding carboxylic acids is 3. The lowest BCUT2D eigenvalue weighted by molar-refractivity contribution is -0.125. The van der Waals surface area contributed by atoms with Gasteiger partial charge in [-0.25, -0.2) is 4.79 Å². The van der Waals surface area contributed by atoms with Crippen LogP contribution in [0.4, 0.5) is 4.79 Å². The molecule has 0 fully saturated rings. The Morgan fingerprint density at radius 3 is 2.00 bits per heavy atom. The number of alkyl carbamates (subject to hydrolysis) is 1. The van der Waals surface area contributed by atoms with E-state index in [1.165, 1.54) is 0 Å². The molecule has 7 heteroatoms. The molecule has 1 unspecified atom stereocenters. The summed E-state index contributed by atoms with van der Waals surface area (Å²) in [6.07, 6.45) is 0.199. The van der Waals surface area contributed by atoms with Crippen molar-refractivity contribution in [1.82, 2.24) is 5.32 Å². The number of nitrogens with two attached hydrogens (primary N) is 2. The van der Waals surface area contributed by atoms with Crippen LogP contribution in [0.15, 0.2) is 0 Å². The maximum atomic E-state index is 11.8. The van der Waals surface area contributed by atoms with Gasteiger partial charge in [-0.1, -0.05) is 13.3 Å². The Morgan fingerprint density at radius 1 is 1.10 bits per heavy atom. The number of primary amides is 2. The van der Waals surface area contributed by atoms with Crippen LogP contribution in [0.2, 0.25) is 0 Å². The third kappa shape index (κ3) is 6.40. The van der Waals surface area contributed by atoms with Gasteiger partial charge < -0.3 is 21.5 Å². The summed E-state index contributed by atoms with van der Waals surface area (Å²) in [5, 5.41) is 2.50. The van der Waals surface area contributed by atoms with E-state index < -0.39 is 29.0 Å². The normalized spacial score (nSPS) is 14.2. The second kappa shape index (κ2) is 7.12. The second-order valence-corrected chi connectivity index (χ2v) is 5.79. The number of amides is 3. The molecule has 0 aliphatic heterocycles. The van der Waals surface area contributed by atoms with Gasteiger partial charge in [0.1, 0.15) is 11.1 Å². The van der Waals surface area contributed by atoms with Gasteiger partial charge in [0.05, 0.1) is 0 Å². The summed E-state index contributed by atoms with van der Waals surface area (Å²) >= 11 is 0. The molecule has 3 amide bonds. The molecule has 5 N–H and O–H groups in total. The molecule has 20 heavy (non-hydrogen) atoms. The van der Waals surface area contributed by atoms with Gasteiger partial charge in [-0.3, -0.25) is 9.59 Å². The van der Waals surface area contributed by atoms with E-state index in [0.29, 0.717) is 12.8 Å². The van der Waals surface area contributed by atoms with Crippen LogP contribution in [0, 0.1) is 0 Å². The molecule has 0 bridgehead atoms. The zero-order chi connectivity index (χ0) is 16.0. The molecular formula is C13H25N3O4. The van der Waals surface area contributed by atoms with Crippen molar-refractivity contribution in [2.75, 3.05) is 0 Å². The average Bonchev–Trinajstić information content (AvgIpc) is 2.23. The Kier molecular flexibility index (Phi) is 6.48. The summed E-state index contributed by atoms with van der Waals surface area (Å²) in [4.78, 5) is 34.5. The number of hydrogen-bond donors (Lipinski definition) is 3. The summed E-state index contributed by atoms with van der Waals surface area (Å²) in [5.74, 6) is -1.26. The second-order valence-electron chi connectivity index (χ2n) is 5.79. The van der Waals surface area contributed by atoms with E-state index in [1.807, 2.05) is 6.92 Å². The molecular weight excluding hydrogens is 262 g/mol. The van der Waals surface area contributed by atoms with Crippen molar-refractivity contribution in [1.29, 1.82) is 0 Å². The number of rotatable bonds is 7. The van der Waals surface area contributed by atoms with Crippen molar-refractivity contribution in [3.05, 3.63) is 0 Å². The average molecular weight is 287 g/mol. The molecule has 0 aromatic heterocycles. The number of hydrogen-bond acceptors (Lipinski definition) is 4. The summed E-state index contributed by atoms with van der Waals surface area (Å²) in [6, 6.07) is 0. The van der Waals surface area contributed by atoms with E-state index in [9.17, 15) is 14.4 Å². The number of nitrogens with one attached hydrogen (secondary N) is 1. The Balaban J connectivity index is 5.04. The summed E-state index contributed by atoms with van der Waals surface area (Å²) in [7, 11) is 0. The lowest BCUT2D eigenvalue weighted by atomic mass is 9.87. The van der Waals surface area contributed by atoms with Crippen LogP contribution in [0.5, 0.6) is 0 Å². The minimum Gasteiger partial charge on any atom is -0.444 e. The molecule has 0 aromatic carbocycles. The Morgan fingerprint density at radius 2 is 1.65 bits per heavy atom. The van der Waals surface area contributed by atoms with Gasteiger partial charge in [-0.15, -0.1) is 0 Å². The lowest BCUT2D eigenvalue weighted by Gasteiger charge is -2.32. The highest BCUT2D eigenvalue weighted by atomic mass is 16.6. The molecule has 0 radical (unpaired) electrons. The topological polar surface area (TPSA) is 125 Å². The zero-order valence-corrected chi connectivity index (χ0v) is 12.6. The number of ether oxygens (including phenoxy) is 1. The SMILES string of the molecule is CCCC(CCC(N)=O)(NC(=O)OC(C)(C)C)C(N)=O. The van der Waals surface area contributed by atoms with Gasteiger partial charge in [0.2, 0.25) is 11.8 Å². The summed E-state index contributed by atoms with van der Waals surface area (Å²) < 4.78 is 5.12. The molecule has 0 saturated carbocycles. The molecule has 0 spiro atoms. The van der Waals surface area contributed by atoms with Crippen LogP contribution in [0.1, 0.15) is 53.4 Å². The molecule has 0 aromatic rings. The van der Waals surface area contributed by atoms with E-state index in [0.717, 1.165) is 0 Å². The fraction of sp³-hybridized carbons (Fsp3) is 0.769. The maximum Gasteiger partial charge on any atom is 0.408 e. The highest BCUT2D eigenvalue weighted by Crippen LogP contribution is 2.20. The highest BCUT2D eigenvalue weighted by molar-refractivity contribution is 5.89. The van der Waals surface area contributed by atoms with Crippen LogP contribution < -0.4 is 16.8 Å². The molecule has 0 aliphatic rings. The minimum absolute atomic E-state index is 0.0429. The van der Waals surface area contributed by atoms with Crippen molar-refractivity contribution < 1.29 is 19.1 Å². The van der Waals surface area contributed by atoms with Gasteiger partial charge in [0.15, 0.2) is 0 Å². The van der Waals surface area contributed by atoms with Crippen molar-refractivity contribution in [2.45, 2.75) is 64.5 Å². The van der Waals surface area contributed by atoms with Crippen molar-refractivity contribution >= 4 is 17.9 Å². The van der Waals surface area contributed by atoms with E-state index in [1.54, 1.807) is 20.8 Å². The first-order valence-electron chi connectivity index (χ1n) is 6.62. The minimum atomic E-state index is -1.31. The third-order valence-electron chi connectivity index (χ3n) is 2.69. The Bertz CT molecular complexity index is 376. The molecule has 7 nitrogen and oxygen atoms in total. The molecule has 0 heterocycles. The largest absolute Gasteiger partial charge is 0.444 e. The maximum absolute atomic E-state index is 11.8. The van der Waals surface area contributed by atoms with Gasteiger partial charge in [-0.05, 0) is 33.6 Å². The molecule has 0 rings (SSSR count). The molecule has 0 saturated heterocycles.